The molecule has 0 aliphatic heterocycles. The summed E-state index contributed by atoms with van der Waals surface area (Å²) < 4.78 is 1.08. The molecule has 0 bridgehead atoms. The number of nitrogens with one attached hydrogen (secondary N) is 1. The molecule has 0 saturated heterocycles. The molecule has 12 heavy (non-hydrogen) atoms. The Balaban J connectivity index is 2.41. The smallest absolute Gasteiger partial charge is 0.183 e. The van der Waals surface area contributed by atoms with Gasteiger partial charge in [-0.2, -0.15) is 0 Å². The predicted molar refractivity (Wildman–Crippen MR) is 57.8 cm³/mol. The van der Waals surface area contributed by atoms with E-state index in [1.807, 2.05) is 6.20 Å². The van der Waals surface area contributed by atoms with Gasteiger partial charge in [-0.25, -0.2) is 4.98 Å². The van der Waals surface area contributed by atoms with Crippen LogP contribution in [0.3, 0.4) is 0 Å². The summed E-state index contributed by atoms with van der Waals surface area (Å²) in [6.45, 7) is 4.37. The summed E-state index contributed by atoms with van der Waals surface area (Å²) in [5.41, 5.74) is 0. The summed E-state index contributed by atoms with van der Waals surface area (Å²) in [4.78, 5) is 4.20. The fourth-order valence-electron chi connectivity index (χ4n) is 1.04. The highest BCUT2D eigenvalue weighted by molar-refractivity contribution is 9.11. The fraction of sp³-hybridized carbons (Fsp3) is 0.625. The Hall–Kier alpha value is -0.0900. The van der Waals surface area contributed by atoms with Gasteiger partial charge in [-0.3, -0.25) is 0 Å². The van der Waals surface area contributed by atoms with Crippen LogP contribution in [0.2, 0.25) is 0 Å². The van der Waals surface area contributed by atoms with E-state index in [0.29, 0.717) is 6.04 Å². The quantitative estimate of drug-likeness (QED) is 0.883. The van der Waals surface area contributed by atoms with Crippen molar-refractivity contribution in [1.29, 1.82) is 0 Å². The molecule has 0 aliphatic carbocycles. The lowest BCUT2D eigenvalue weighted by Crippen LogP contribution is -2.13. The largest absolute Gasteiger partial charge is 0.359 e. The van der Waals surface area contributed by atoms with E-state index in [0.717, 1.165) is 8.92 Å². The zero-order valence-corrected chi connectivity index (χ0v) is 9.70. The number of halogens is 1. The van der Waals surface area contributed by atoms with Gasteiger partial charge in [0.2, 0.25) is 0 Å². The monoisotopic (exact) mass is 248 g/mol. The molecule has 0 aliphatic rings. The first-order chi connectivity index (χ1) is 5.72. The number of aromatic nitrogens is 1. The van der Waals surface area contributed by atoms with Crippen molar-refractivity contribution in [2.24, 2.45) is 0 Å². The molecule has 1 atom stereocenters. The van der Waals surface area contributed by atoms with Crippen molar-refractivity contribution in [3.63, 3.8) is 0 Å². The highest BCUT2D eigenvalue weighted by Gasteiger charge is 2.03. The third-order valence-electron chi connectivity index (χ3n) is 1.57. The predicted octanol–water partition coefficient (Wildman–Crippen LogP) is 3.51. The van der Waals surface area contributed by atoms with Crippen LogP contribution < -0.4 is 5.32 Å². The van der Waals surface area contributed by atoms with Crippen molar-refractivity contribution in [1.82, 2.24) is 4.98 Å². The first-order valence-corrected chi connectivity index (χ1v) is 5.71. The maximum atomic E-state index is 4.20. The van der Waals surface area contributed by atoms with Crippen molar-refractivity contribution in [2.75, 3.05) is 5.32 Å². The molecule has 0 aromatic carbocycles. The van der Waals surface area contributed by atoms with E-state index in [-0.39, 0.29) is 0 Å². The van der Waals surface area contributed by atoms with Crippen LogP contribution in [0.5, 0.6) is 0 Å². The Morgan fingerprint density at radius 3 is 3.00 bits per heavy atom. The minimum absolute atomic E-state index is 0.521. The van der Waals surface area contributed by atoms with Gasteiger partial charge in [0.05, 0.1) is 9.98 Å². The van der Waals surface area contributed by atoms with Crippen LogP contribution in [0.1, 0.15) is 26.7 Å². The van der Waals surface area contributed by atoms with E-state index in [1.54, 1.807) is 11.3 Å². The summed E-state index contributed by atoms with van der Waals surface area (Å²) in [5, 5.41) is 4.34. The van der Waals surface area contributed by atoms with Gasteiger partial charge >= 0.3 is 0 Å². The summed E-state index contributed by atoms with van der Waals surface area (Å²) in [5.74, 6) is 0. The molecule has 0 amide bonds. The zero-order valence-electron chi connectivity index (χ0n) is 7.30. The first-order valence-electron chi connectivity index (χ1n) is 4.10. The topological polar surface area (TPSA) is 24.9 Å². The minimum Gasteiger partial charge on any atom is -0.359 e. The zero-order chi connectivity index (χ0) is 8.97. The number of hydrogen-bond acceptors (Lipinski definition) is 3. The summed E-state index contributed by atoms with van der Waals surface area (Å²) in [7, 11) is 0. The minimum atomic E-state index is 0.521. The maximum absolute atomic E-state index is 4.20. The van der Waals surface area contributed by atoms with Gasteiger partial charge in [0.15, 0.2) is 5.13 Å². The highest BCUT2D eigenvalue weighted by Crippen LogP contribution is 2.23. The molecule has 1 aromatic rings. The molecule has 1 N–H and O–H groups in total. The van der Waals surface area contributed by atoms with E-state index >= 15 is 0 Å². The molecular formula is C8H13BrN2S. The van der Waals surface area contributed by atoms with Crippen LogP contribution in [-0.2, 0) is 0 Å². The molecule has 0 spiro atoms. The fourth-order valence-corrected chi connectivity index (χ4v) is 2.26. The standard InChI is InChI=1S/C8H13BrN2S/c1-3-4-6(2)11-8-10-5-7(9)12-8/h5-6H,3-4H2,1-2H3,(H,10,11). The molecular weight excluding hydrogens is 236 g/mol. The van der Waals surface area contributed by atoms with Crippen molar-refractivity contribution in [2.45, 2.75) is 32.7 Å². The molecule has 0 saturated carbocycles. The number of thiazole rings is 1. The molecule has 1 aromatic heterocycles. The van der Waals surface area contributed by atoms with E-state index in [1.165, 1.54) is 12.8 Å². The van der Waals surface area contributed by atoms with E-state index in [2.05, 4.69) is 40.1 Å². The lowest BCUT2D eigenvalue weighted by Gasteiger charge is -2.10. The Labute approximate surface area is 85.5 Å². The Kier molecular flexibility index (Phi) is 4.01. The van der Waals surface area contributed by atoms with Crippen molar-refractivity contribution < 1.29 is 0 Å². The molecule has 68 valence electrons. The lowest BCUT2D eigenvalue weighted by molar-refractivity contribution is 0.690. The van der Waals surface area contributed by atoms with Crippen molar-refractivity contribution in [3.8, 4) is 0 Å². The van der Waals surface area contributed by atoms with Crippen LogP contribution in [-0.4, -0.2) is 11.0 Å². The van der Waals surface area contributed by atoms with Crippen LogP contribution in [0.4, 0.5) is 5.13 Å². The van der Waals surface area contributed by atoms with Gasteiger partial charge in [0.1, 0.15) is 0 Å². The number of rotatable bonds is 4. The first kappa shape index (κ1) is 9.99. The van der Waals surface area contributed by atoms with Gasteiger partial charge in [-0.05, 0) is 29.3 Å². The van der Waals surface area contributed by atoms with Crippen LogP contribution in [0, 0.1) is 0 Å². The van der Waals surface area contributed by atoms with Crippen LogP contribution >= 0.6 is 27.3 Å². The molecule has 1 heterocycles. The summed E-state index contributed by atoms with van der Waals surface area (Å²) in [6, 6.07) is 0.521. The van der Waals surface area contributed by atoms with E-state index in [9.17, 15) is 0 Å². The highest BCUT2D eigenvalue weighted by atomic mass is 79.9. The normalized spacial score (nSPS) is 12.9. The SMILES string of the molecule is CCCC(C)Nc1ncc(Br)s1. The van der Waals surface area contributed by atoms with Crippen molar-refractivity contribution >= 4 is 32.4 Å². The van der Waals surface area contributed by atoms with Gasteiger partial charge in [-0.15, -0.1) is 0 Å². The van der Waals surface area contributed by atoms with E-state index < -0.39 is 0 Å². The average molecular weight is 249 g/mol. The Bertz CT molecular complexity index is 237. The second kappa shape index (κ2) is 4.82. The average Bonchev–Trinajstić information content (AvgIpc) is 2.36. The Morgan fingerprint density at radius 2 is 2.50 bits per heavy atom. The third-order valence-corrected chi connectivity index (χ3v) is 2.98. The van der Waals surface area contributed by atoms with E-state index in [4.69, 9.17) is 0 Å². The maximum Gasteiger partial charge on any atom is 0.183 e. The number of anilines is 1. The molecule has 1 rings (SSSR count). The third kappa shape index (κ3) is 3.11. The van der Waals surface area contributed by atoms with Crippen LogP contribution in [0.15, 0.2) is 9.98 Å². The molecule has 1 unspecified atom stereocenters. The molecule has 4 heteroatoms. The number of nitrogens with zero attached hydrogens (tertiary/aromatic N) is 1. The molecule has 2 nitrogen and oxygen atoms in total. The van der Waals surface area contributed by atoms with Gasteiger partial charge in [0.25, 0.3) is 0 Å². The molecule has 0 fully saturated rings. The van der Waals surface area contributed by atoms with Gasteiger partial charge < -0.3 is 5.32 Å². The van der Waals surface area contributed by atoms with Crippen molar-refractivity contribution in [3.05, 3.63) is 9.98 Å². The molecule has 0 radical (unpaired) electrons. The van der Waals surface area contributed by atoms with Gasteiger partial charge in [0, 0.05) is 6.04 Å². The Morgan fingerprint density at radius 1 is 1.75 bits per heavy atom. The number of hydrogen-bond donors (Lipinski definition) is 1. The lowest BCUT2D eigenvalue weighted by atomic mass is 10.2. The second-order valence-electron chi connectivity index (χ2n) is 2.80. The van der Waals surface area contributed by atoms with Crippen LogP contribution in [0.25, 0.3) is 0 Å². The van der Waals surface area contributed by atoms with Gasteiger partial charge in [-0.1, -0.05) is 24.7 Å². The summed E-state index contributed by atoms with van der Waals surface area (Å²) >= 11 is 5.01. The second-order valence-corrected chi connectivity index (χ2v) is 5.21. The summed E-state index contributed by atoms with van der Waals surface area (Å²) in [6.07, 6.45) is 4.23.